The zero-order valence-corrected chi connectivity index (χ0v) is 6.72. The van der Waals surface area contributed by atoms with Crippen molar-refractivity contribution in [1.29, 1.82) is 0 Å². The van der Waals surface area contributed by atoms with Gasteiger partial charge in [-0.1, -0.05) is 0 Å². The monoisotopic (exact) mass is 166 g/mol. The predicted molar refractivity (Wildman–Crippen MR) is 36.6 cm³/mol. The van der Waals surface area contributed by atoms with E-state index in [0.29, 0.717) is 0 Å². The fraction of sp³-hybridized carbons (Fsp3) is 0.800. The molecule has 0 aromatic rings. The average molecular weight is 166 g/mol. The van der Waals surface area contributed by atoms with Gasteiger partial charge in [-0.25, -0.2) is 8.42 Å². The number of carboxylic acids is 1. The standard InChI is InChI=1S/C5H10O4S/c1-5(2,4(6)7)3-10(8)9/h10H,3H2,1-2H3,(H,6,7). The molecule has 0 unspecified atom stereocenters. The average Bonchev–Trinajstić information content (AvgIpc) is 1.60. The first-order valence-corrected chi connectivity index (χ1v) is 4.08. The second kappa shape index (κ2) is 3.01. The first kappa shape index (κ1) is 9.42. The van der Waals surface area contributed by atoms with Crippen molar-refractivity contribution in [3.05, 3.63) is 0 Å². The highest BCUT2D eigenvalue weighted by Gasteiger charge is 2.27. The van der Waals surface area contributed by atoms with E-state index < -0.39 is 22.1 Å². The first-order chi connectivity index (χ1) is 4.36. The van der Waals surface area contributed by atoms with Gasteiger partial charge in [-0.05, 0) is 13.8 Å². The van der Waals surface area contributed by atoms with Gasteiger partial charge in [-0.3, -0.25) is 4.79 Å². The highest BCUT2D eigenvalue weighted by molar-refractivity contribution is 7.72. The van der Waals surface area contributed by atoms with Crippen molar-refractivity contribution < 1.29 is 18.3 Å². The number of hydrogen-bond donors (Lipinski definition) is 2. The number of rotatable bonds is 3. The Morgan fingerprint density at radius 3 is 2.00 bits per heavy atom. The van der Waals surface area contributed by atoms with Crippen LogP contribution in [0.5, 0.6) is 0 Å². The smallest absolute Gasteiger partial charge is 0.310 e. The molecule has 0 fully saturated rings. The van der Waals surface area contributed by atoms with Gasteiger partial charge in [0.15, 0.2) is 0 Å². The summed E-state index contributed by atoms with van der Waals surface area (Å²) in [6.07, 6.45) is 0. The van der Waals surface area contributed by atoms with E-state index in [1.807, 2.05) is 0 Å². The molecule has 0 aliphatic rings. The lowest BCUT2D eigenvalue weighted by Gasteiger charge is -2.13. The number of aliphatic carboxylic acids is 1. The molecule has 5 heteroatoms. The third kappa shape index (κ3) is 2.82. The van der Waals surface area contributed by atoms with E-state index in [2.05, 4.69) is 0 Å². The maximum Gasteiger partial charge on any atom is 0.310 e. The van der Waals surface area contributed by atoms with Gasteiger partial charge in [-0.2, -0.15) is 0 Å². The van der Waals surface area contributed by atoms with Crippen molar-refractivity contribution in [2.45, 2.75) is 13.8 Å². The molecule has 0 rings (SSSR count). The van der Waals surface area contributed by atoms with Gasteiger partial charge in [0.2, 0.25) is 0 Å². The minimum atomic E-state index is -2.60. The van der Waals surface area contributed by atoms with Crippen LogP contribution in [0, 0.1) is 5.41 Å². The van der Waals surface area contributed by atoms with Crippen molar-refractivity contribution in [2.75, 3.05) is 5.75 Å². The number of hydrogen-bond acceptors (Lipinski definition) is 3. The fourth-order valence-electron chi connectivity index (χ4n) is 0.390. The summed E-state index contributed by atoms with van der Waals surface area (Å²) in [4.78, 5) is 10.3. The minimum absolute atomic E-state index is 0.308. The van der Waals surface area contributed by atoms with E-state index in [9.17, 15) is 13.2 Å². The lowest BCUT2D eigenvalue weighted by atomic mass is 9.97. The van der Waals surface area contributed by atoms with Gasteiger partial charge in [0.25, 0.3) is 0 Å². The molecule has 0 bridgehead atoms. The highest BCUT2D eigenvalue weighted by Crippen LogP contribution is 2.14. The van der Waals surface area contributed by atoms with Gasteiger partial charge >= 0.3 is 5.97 Å². The van der Waals surface area contributed by atoms with Crippen molar-refractivity contribution >= 4 is 16.7 Å². The molecule has 0 spiro atoms. The molecule has 0 amide bonds. The fourth-order valence-corrected chi connectivity index (χ4v) is 1.17. The van der Waals surface area contributed by atoms with E-state index in [1.54, 1.807) is 0 Å². The Kier molecular flexibility index (Phi) is 2.83. The second-order valence-corrected chi connectivity index (χ2v) is 3.66. The summed E-state index contributed by atoms with van der Waals surface area (Å²) < 4.78 is 20.2. The molecule has 0 atom stereocenters. The van der Waals surface area contributed by atoms with Crippen LogP contribution in [0.25, 0.3) is 0 Å². The Morgan fingerprint density at radius 2 is 1.90 bits per heavy atom. The largest absolute Gasteiger partial charge is 0.481 e. The Balaban J connectivity index is 4.27. The molecule has 0 saturated carbocycles. The van der Waals surface area contributed by atoms with Crippen molar-refractivity contribution in [2.24, 2.45) is 5.41 Å². The summed E-state index contributed by atoms with van der Waals surface area (Å²) in [5.41, 5.74) is -1.16. The van der Waals surface area contributed by atoms with Gasteiger partial charge in [0.1, 0.15) is 10.7 Å². The van der Waals surface area contributed by atoms with Crippen LogP contribution < -0.4 is 0 Å². The molecule has 0 heterocycles. The summed E-state index contributed by atoms with van der Waals surface area (Å²) in [5.74, 6) is -1.40. The molecule has 0 aromatic heterocycles. The number of carbonyl (C=O) groups is 1. The molecular formula is C5H10O4S. The zero-order chi connectivity index (χ0) is 8.36. The van der Waals surface area contributed by atoms with Crippen LogP contribution in [0.1, 0.15) is 13.8 Å². The highest BCUT2D eigenvalue weighted by atomic mass is 32.2. The Labute approximate surface area is 60.8 Å². The maximum absolute atomic E-state index is 10.3. The van der Waals surface area contributed by atoms with Crippen LogP contribution in [0.15, 0.2) is 0 Å². The van der Waals surface area contributed by atoms with Gasteiger partial charge in [0.05, 0.1) is 11.2 Å². The predicted octanol–water partition coefficient (Wildman–Crippen LogP) is -0.291. The topological polar surface area (TPSA) is 71.4 Å². The second-order valence-electron chi connectivity index (χ2n) is 2.68. The van der Waals surface area contributed by atoms with Crippen molar-refractivity contribution in [1.82, 2.24) is 0 Å². The molecule has 0 aromatic carbocycles. The third-order valence-electron chi connectivity index (χ3n) is 1.10. The zero-order valence-electron chi connectivity index (χ0n) is 5.83. The van der Waals surface area contributed by atoms with Crippen molar-refractivity contribution in [3.8, 4) is 0 Å². The number of thiol groups is 1. The summed E-state index contributed by atoms with van der Waals surface area (Å²) in [5, 5.41) is 8.42. The summed E-state index contributed by atoms with van der Waals surface area (Å²) in [6, 6.07) is 0. The summed E-state index contributed by atoms with van der Waals surface area (Å²) in [7, 11) is -2.60. The van der Waals surface area contributed by atoms with Gasteiger partial charge in [-0.15, -0.1) is 0 Å². The molecule has 10 heavy (non-hydrogen) atoms. The molecule has 60 valence electrons. The number of carboxylic acid groups (broad SMARTS) is 1. The third-order valence-corrected chi connectivity index (χ3v) is 2.15. The van der Waals surface area contributed by atoms with E-state index in [-0.39, 0.29) is 5.75 Å². The van der Waals surface area contributed by atoms with Crippen LogP contribution in [0.3, 0.4) is 0 Å². The van der Waals surface area contributed by atoms with Crippen LogP contribution in [0.4, 0.5) is 0 Å². The van der Waals surface area contributed by atoms with E-state index in [1.165, 1.54) is 13.8 Å². The SMILES string of the molecule is CC(C)(C[SH](=O)=O)C(=O)O. The van der Waals surface area contributed by atoms with Gasteiger partial charge in [0, 0.05) is 0 Å². The lowest BCUT2D eigenvalue weighted by molar-refractivity contribution is -0.145. The van der Waals surface area contributed by atoms with Crippen LogP contribution >= 0.6 is 0 Å². The van der Waals surface area contributed by atoms with Crippen molar-refractivity contribution in [3.63, 3.8) is 0 Å². The lowest BCUT2D eigenvalue weighted by Crippen LogP contribution is -2.28. The molecule has 0 aliphatic carbocycles. The molecule has 0 radical (unpaired) electrons. The first-order valence-electron chi connectivity index (χ1n) is 2.71. The Morgan fingerprint density at radius 1 is 1.50 bits per heavy atom. The Bertz CT molecular complexity index is 196. The quantitative estimate of drug-likeness (QED) is 0.565. The Hall–Kier alpha value is -0.580. The molecule has 4 nitrogen and oxygen atoms in total. The van der Waals surface area contributed by atoms with Gasteiger partial charge < -0.3 is 5.11 Å². The van der Waals surface area contributed by atoms with E-state index >= 15 is 0 Å². The summed E-state index contributed by atoms with van der Waals surface area (Å²) in [6.45, 7) is 2.75. The minimum Gasteiger partial charge on any atom is -0.481 e. The van der Waals surface area contributed by atoms with E-state index in [4.69, 9.17) is 5.11 Å². The van der Waals surface area contributed by atoms with E-state index in [0.717, 1.165) is 0 Å². The van der Waals surface area contributed by atoms with Crippen LogP contribution in [-0.2, 0) is 15.5 Å². The summed E-state index contributed by atoms with van der Waals surface area (Å²) >= 11 is 0. The molecule has 1 N–H and O–H groups in total. The maximum atomic E-state index is 10.3. The normalized spacial score (nSPS) is 11.9. The molecule has 0 saturated heterocycles. The van der Waals surface area contributed by atoms with Crippen LogP contribution in [0.2, 0.25) is 0 Å². The molecule has 0 aliphatic heterocycles. The molecular weight excluding hydrogens is 156 g/mol. The van der Waals surface area contributed by atoms with Crippen LogP contribution in [-0.4, -0.2) is 25.2 Å².